The summed E-state index contributed by atoms with van der Waals surface area (Å²) in [5, 5.41) is 3.24. The molecule has 1 aromatic carbocycles. The van der Waals surface area contributed by atoms with Gasteiger partial charge in [-0.25, -0.2) is 4.98 Å². The summed E-state index contributed by atoms with van der Waals surface area (Å²) >= 11 is 0. The highest BCUT2D eigenvalue weighted by Gasteiger charge is 2.36. The van der Waals surface area contributed by atoms with Crippen molar-refractivity contribution in [3.8, 4) is 11.5 Å². The Morgan fingerprint density at radius 3 is 2.92 bits per heavy atom. The molecule has 1 amide bonds. The molecule has 5 heteroatoms. The SMILES string of the molecule is Cc1oc(-c2ccccc2)nc1CC(=O)NC1CCN2CCCCC12. The van der Waals surface area contributed by atoms with Crippen molar-refractivity contribution in [1.29, 1.82) is 0 Å². The Hall–Kier alpha value is -2.14. The molecule has 2 aliphatic rings. The number of rotatable bonds is 4. The number of hydrogen-bond donors (Lipinski definition) is 1. The molecule has 4 rings (SSSR count). The van der Waals surface area contributed by atoms with Crippen molar-refractivity contribution in [2.24, 2.45) is 0 Å². The molecule has 1 N–H and O–H groups in total. The number of fused-ring (bicyclic) bond motifs is 1. The van der Waals surface area contributed by atoms with Crippen LogP contribution in [0, 0.1) is 6.92 Å². The fraction of sp³-hybridized carbons (Fsp3) is 0.500. The average Bonchev–Trinajstić information content (AvgIpc) is 3.20. The maximum absolute atomic E-state index is 12.5. The van der Waals surface area contributed by atoms with Crippen LogP contribution >= 0.6 is 0 Å². The lowest BCUT2D eigenvalue weighted by molar-refractivity contribution is -0.121. The Bertz CT molecular complexity index is 741. The lowest BCUT2D eigenvalue weighted by atomic mass is 9.99. The molecule has 0 saturated carbocycles. The molecule has 2 saturated heterocycles. The van der Waals surface area contributed by atoms with E-state index in [1.807, 2.05) is 37.3 Å². The number of aryl methyl sites for hydroxylation is 1. The molecule has 1 aromatic heterocycles. The van der Waals surface area contributed by atoms with Gasteiger partial charge in [-0.15, -0.1) is 0 Å². The van der Waals surface area contributed by atoms with Crippen molar-refractivity contribution in [3.05, 3.63) is 41.8 Å². The Morgan fingerprint density at radius 1 is 1.24 bits per heavy atom. The Balaban J connectivity index is 1.40. The van der Waals surface area contributed by atoms with E-state index in [2.05, 4.69) is 15.2 Å². The monoisotopic (exact) mass is 339 g/mol. The van der Waals surface area contributed by atoms with Gasteiger partial charge in [0.05, 0.1) is 12.1 Å². The summed E-state index contributed by atoms with van der Waals surface area (Å²) in [4.78, 5) is 19.6. The van der Waals surface area contributed by atoms with E-state index in [0.717, 1.165) is 30.0 Å². The Labute approximate surface area is 148 Å². The van der Waals surface area contributed by atoms with Gasteiger partial charge in [-0.3, -0.25) is 9.69 Å². The van der Waals surface area contributed by atoms with Crippen molar-refractivity contribution < 1.29 is 9.21 Å². The minimum absolute atomic E-state index is 0.0495. The van der Waals surface area contributed by atoms with Gasteiger partial charge in [0.15, 0.2) is 0 Å². The van der Waals surface area contributed by atoms with Crippen LogP contribution in [0.4, 0.5) is 0 Å². The maximum Gasteiger partial charge on any atom is 0.226 e. The highest BCUT2D eigenvalue weighted by Crippen LogP contribution is 2.27. The fourth-order valence-electron chi connectivity index (χ4n) is 4.12. The number of carbonyl (C=O) groups excluding carboxylic acids is 1. The molecule has 0 aliphatic carbocycles. The van der Waals surface area contributed by atoms with E-state index in [0.29, 0.717) is 11.9 Å². The quantitative estimate of drug-likeness (QED) is 0.930. The first-order chi connectivity index (χ1) is 12.2. The van der Waals surface area contributed by atoms with Crippen LogP contribution < -0.4 is 5.32 Å². The average molecular weight is 339 g/mol. The summed E-state index contributed by atoms with van der Waals surface area (Å²) in [7, 11) is 0. The number of aromatic nitrogens is 1. The Kier molecular flexibility index (Phi) is 4.57. The zero-order valence-electron chi connectivity index (χ0n) is 14.7. The second-order valence-electron chi connectivity index (χ2n) is 7.13. The predicted octanol–water partition coefficient (Wildman–Crippen LogP) is 2.94. The van der Waals surface area contributed by atoms with Crippen LogP contribution in [-0.2, 0) is 11.2 Å². The van der Waals surface area contributed by atoms with Crippen LogP contribution in [0.3, 0.4) is 0 Å². The van der Waals surface area contributed by atoms with E-state index in [9.17, 15) is 4.79 Å². The van der Waals surface area contributed by atoms with Crippen LogP contribution in [-0.4, -0.2) is 41.0 Å². The maximum atomic E-state index is 12.5. The van der Waals surface area contributed by atoms with Gasteiger partial charge in [0.2, 0.25) is 11.8 Å². The lowest BCUT2D eigenvalue weighted by Gasteiger charge is -2.32. The molecular weight excluding hydrogens is 314 g/mol. The summed E-state index contributed by atoms with van der Waals surface area (Å²) in [5.41, 5.74) is 1.67. The van der Waals surface area contributed by atoms with E-state index < -0.39 is 0 Å². The highest BCUT2D eigenvalue weighted by molar-refractivity contribution is 5.79. The number of nitrogens with zero attached hydrogens (tertiary/aromatic N) is 2. The van der Waals surface area contributed by atoms with E-state index >= 15 is 0 Å². The van der Waals surface area contributed by atoms with Crippen LogP contribution in [0.1, 0.15) is 37.1 Å². The van der Waals surface area contributed by atoms with E-state index in [4.69, 9.17) is 4.42 Å². The van der Waals surface area contributed by atoms with Gasteiger partial charge in [0.1, 0.15) is 5.76 Å². The standard InChI is InChI=1S/C20H25N3O2/c1-14-17(22-20(25-14)15-7-3-2-4-8-15)13-19(24)21-16-10-12-23-11-6-5-9-18(16)23/h2-4,7-8,16,18H,5-6,9-13H2,1H3,(H,21,24). The Morgan fingerprint density at radius 2 is 2.08 bits per heavy atom. The molecule has 5 nitrogen and oxygen atoms in total. The normalized spacial score (nSPS) is 23.4. The van der Waals surface area contributed by atoms with E-state index in [1.54, 1.807) is 0 Å². The number of nitrogens with one attached hydrogen (secondary N) is 1. The number of carbonyl (C=O) groups is 1. The van der Waals surface area contributed by atoms with Gasteiger partial charge >= 0.3 is 0 Å². The molecule has 3 heterocycles. The summed E-state index contributed by atoms with van der Waals surface area (Å²) < 4.78 is 5.76. The van der Waals surface area contributed by atoms with Crippen LogP contribution in [0.15, 0.2) is 34.7 Å². The van der Waals surface area contributed by atoms with Gasteiger partial charge in [-0.05, 0) is 44.9 Å². The van der Waals surface area contributed by atoms with Gasteiger partial charge < -0.3 is 9.73 Å². The zero-order chi connectivity index (χ0) is 17.2. The topological polar surface area (TPSA) is 58.4 Å². The van der Waals surface area contributed by atoms with Crippen LogP contribution in [0.5, 0.6) is 0 Å². The zero-order valence-corrected chi connectivity index (χ0v) is 14.7. The fourth-order valence-corrected chi connectivity index (χ4v) is 4.12. The largest absolute Gasteiger partial charge is 0.441 e. The van der Waals surface area contributed by atoms with Crippen molar-refractivity contribution >= 4 is 5.91 Å². The smallest absolute Gasteiger partial charge is 0.226 e. The minimum atomic E-state index is 0.0495. The van der Waals surface area contributed by atoms with Crippen molar-refractivity contribution in [1.82, 2.24) is 15.2 Å². The number of piperidine rings is 1. The molecule has 0 radical (unpaired) electrons. The van der Waals surface area contributed by atoms with Gasteiger partial charge in [0, 0.05) is 24.2 Å². The first kappa shape index (κ1) is 16.3. The number of hydrogen-bond acceptors (Lipinski definition) is 4. The second kappa shape index (κ2) is 7.00. The molecule has 2 fully saturated rings. The third-order valence-electron chi connectivity index (χ3n) is 5.44. The minimum Gasteiger partial charge on any atom is -0.441 e. The summed E-state index contributed by atoms with van der Waals surface area (Å²) in [6.07, 6.45) is 5.11. The number of amides is 1. The summed E-state index contributed by atoms with van der Waals surface area (Å²) in [5.74, 6) is 1.35. The third-order valence-corrected chi connectivity index (χ3v) is 5.44. The van der Waals surface area contributed by atoms with Crippen molar-refractivity contribution in [3.63, 3.8) is 0 Å². The molecule has 0 bridgehead atoms. The lowest BCUT2D eigenvalue weighted by Crippen LogP contribution is -2.47. The molecule has 2 atom stereocenters. The van der Waals surface area contributed by atoms with Crippen LogP contribution in [0.2, 0.25) is 0 Å². The first-order valence-corrected chi connectivity index (χ1v) is 9.26. The van der Waals surface area contributed by atoms with Crippen molar-refractivity contribution in [2.45, 2.75) is 51.1 Å². The summed E-state index contributed by atoms with van der Waals surface area (Å²) in [6, 6.07) is 10.6. The predicted molar refractivity (Wildman–Crippen MR) is 96.1 cm³/mol. The van der Waals surface area contributed by atoms with E-state index in [-0.39, 0.29) is 18.4 Å². The molecule has 2 aromatic rings. The van der Waals surface area contributed by atoms with Crippen molar-refractivity contribution in [2.75, 3.05) is 13.1 Å². The molecule has 25 heavy (non-hydrogen) atoms. The van der Waals surface area contributed by atoms with Gasteiger partial charge in [-0.2, -0.15) is 0 Å². The molecule has 2 unspecified atom stereocenters. The molecular formula is C20H25N3O2. The van der Waals surface area contributed by atoms with Gasteiger partial charge in [-0.1, -0.05) is 24.6 Å². The first-order valence-electron chi connectivity index (χ1n) is 9.26. The summed E-state index contributed by atoms with van der Waals surface area (Å²) in [6.45, 7) is 4.16. The molecule has 0 spiro atoms. The molecule has 2 aliphatic heterocycles. The highest BCUT2D eigenvalue weighted by atomic mass is 16.4. The number of benzene rings is 1. The van der Waals surface area contributed by atoms with Crippen LogP contribution in [0.25, 0.3) is 11.5 Å². The van der Waals surface area contributed by atoms with E-state index in [1.165, 1.54) is 25.8 Å². The number of oxazole rings is 1. The van der Waals surface area contributed by atoms with Gasteiger partial charge in [0.25, 0.3) is 0 Å². The third kappa shape index (κ3) is 3.47. The molecule has 132 valence electrons. The second-order valence-corrected chi connectivity index (χ2v) is 7.13.